The number of carbonyl (C=O) groups is 1. The fourth-order valence-electron chi connectivity index (χ4n) is 3.73. The lowest BCUT2D eigenvalue weighted by atomic mass is 10.1. The Morgan fingerprint density at radius 1 is 1.23 bits per heavy atom. The molecule has 3 heterocycles. The van der Waals surface area contributed by atoms with E-state index in [1.54, 1.807) is 6.08 Å². The van der Waals surface area contributed by atoms with E-state index in [2.05, 4.69) is 52.8 Å². The van der Waals surface area contributed by atoms with Crippen LogP contribution in [-0.2, 0) is 11.2 Å². The van der Waals surface area contributed by atoms with Gasteiger partial charge in [0.1, 0.15) is 5.04 Å². The van der Waals surface area contributed by atoms with E-state index in [-0.39, 0.29) is 17.3 Å². The summed E-state index contributed by atoms with van der Waals surface area (Å²) in [7, 11) is 0. The largest absolute Gasteiger partial charge is 0.318 e. The number of thioether (sulfide) groups is 1. The summed E-state index contributed by atoms with van der Waals surface area (Å²) in [4.78, 5) is 16.9. The lowest BCUT2D eigenvalue weighted by Crippen LogP contribution is -2.35. The predicted molar refractivity (Wildman–Crippen MR) is 124 cm³/mol. The van der Waals surface area contributed by atoms with Crippen molar-refractivity contribution in [2.24, 2.45) is 16.0 Å². The van der Waals surface area contributed by atoms with E-state index in [9.17, 15) is 4.79 Å². The number of hydrogen-bond donors (Lipinski definition) is 1. The number of para-hydroxylation sites is 1. The molecule has 0 aliphatic carbocycles. The summed E-state index contributed by atoms with van der Waals surface area (Å²) in [5.41, 5.74) is 5.68. The van der Waals surface area contributed by atoms with Crippen LogP contribution in [0.25, 0.3) is 11.8 Å². The summed E-state index contributed by atoms with van der Waals surface area (Å²) in [5.74, 6) is -0.0965. The maximum absolute atomic E-state index is 12.7. The van der Waals surface area contributed by atoms with Crippen molar-refractivity contribution in [3.63, 3.8) is 0 Å². The first-order valence-electron chi connectivity index (χ1n) is 10.1. The SMILES string of the molecule is CCc1ccccc1-n1c(C)cc(C=C2C(=N)N3N=C(C(C)C)SC3=NC2=O)c1C. The number of hydrazone groups is 1. The second-order valence-electron chi connectivity index (χ2n) is 7.76. The molecular formula is C23H25N5OS. The highest BCUT2D eigenvalue weighted by atomic mass is 32.2. The van der Waals surface area contributed by atoms with E-state index in [1.165, 1.54) is 22.3 Å². The summed E-state index contributed by atoms with van der Waals surface area (Å²) in [6.45, 7) is 10.3. The van der Waals surface area contributed by atoms with Crippen molar-refractivity contribution in [1.82, 2.24) is 9.58 Å². The van der Waals surface area contributed by atoms with Crippen molar-refractivity contribution >= 4 is 39.8 Å². The molecule has 0 saturated carbocycles. The Morgan fingerprint density at radius 3 is 2.67 bits per heavy atom. The molecule has 154 valence electrons. The van der Waals surface area contributed by atoms with Gasteiger partial charge in [0.05, 0.1) is 5.57 Å². The molecule has 0 spiro atoms. The Bertz CT molecular complexity index is 1150. The lowest BCUT2D eigenvalue weighted by Gasteiger charge is -2.20. The Balaban J connectivity index is 1.76. The standard InChI is InChI=1S/C23H25N5OS/c1-6-16-9-7-8-10-19(16)27-14(4)11-17(15(27)5)12-18-20(24)28-23(25-21(18)29)30-22(26-28)13(2)3/h7-13,24H,6H2,1-5H3. The van der Waals surface area contributed by atoms with Crippen molar-refractivity contribution in [2.75, 3.05) is 0 Å². The molecule has 0 unspecified atom stereocenters. The molecule has 6 nitrogen and oxygen atoms in total. The van der Waals surface area contributed by atoms with E-state index in [0.717, 1.165) is 34.1 Å². The summed E-state index contributed by atoms with van der Waals surface area (Å²) in [5, 5.41) is 15.9. The van der Waals surface area contributed by atoms with Crippen LogP contribution in [0.1, 0.15) is 43.3 Å². The molecule has 0 fully saturated rings. The molecular weight excluding hydrogens is 394 g/mol. The zero-order valence-electron chi connectivity index (χ0n) is 17.9. The van der Waals surface area contributed by atoms with Crippen LogP contribution >= 0.6 is 11.8 Å². The number of nitrogens with zero attached hydrogens (tertiary/aromatic N) is 4. The van der Waals surface area contributed by atoms with Gasteiger partial charge in [-0.3, -0.25) is 10.2 Å². The highest BCUT2D eigenvalue weighted by Crippen LogP contribution is 2.32. The van der Waals surface area contributed by atoms with Gasteiger partial charge >= 0.3 is 0 Å². The highest BCUT2D eigenvalue weighted by Gasteiger charge is 2.36. The van der Waals surface area contributed by atoms with Gasteiger partial charge in [-0.25, -0.2) is 0 Å². The fraction of sp³-hybridized carbons (Fsp3) is 0.304. The van der Waals surface area contributed by atoms with Crippen molar-refractivity contribution in [3.05, 3.63) is 58.4 Å². The molecule has 4 rings (SSSR count). The molecule has 1 amide bonds. The van der Waals surface area contributed by atoms with Crippen LogP contribution in [0, 0.1) is 25.2 Å². The Hall–Kier alpha value is -2.93. The third-order valence-corrected chi connectivity index (χ3v) is 6.56. The number of benzene rings is 1. The Kier molecular flexibility index (Phi) is 5.24. The Labute approximate surface area is 180 Å². The number of aliphatic imine (C=N–C) groups is 1. The van der Waals surface area contributed by atoms with Crippen LogP contribution in [0.2, 0.25) is 0 Å². The smallest absolute Gasteiger partial charge is 0.283 e. The van der Waals surface area contributed by atoms with Gasteiger partial charge in [0, 0.05) is 23.0 Å². The van der Waals surface area contributed by atoms with Crippen LogP contribution in [-0.4, -0.2) is 31.5 Å². The average Bonchev–Trinajstić information content (AvgIpc) is 3.26. The van der Waals surface area contributed by atoms with Gasteiger partial charge in [-0.2, -0.15) is 15.1 Å². The van der Waals surface area contributed by atoms with E-state index in [0.29, 0.717) is 5.17 Å². The van der Waals surface area contributed by atoms with Crippen molar-refractivity contribution in [1.29, 1.82) is 5.41 Å². The first-order valence-corrected chi connectivity index (χ1v) is 10.9. The number of carbonyl (C=O) groups excluding carboxylic acids is 1. The molecule has 0 atom stereocenters. The summed E-state index contributed by atoms with van der Waals surface area (Å²) in [6, 6.07) is 10.4. The lowest BCUT2D eigenvalue weighted by molar-refractivity contribution is -0.114. The number of aromatic nitrogens is 1. The monoisotopic (exact) mass is 419 g/mol. The number of nitrogens with one attached hydrogen (secondary N) is 1. The molecule has 2 aliphatic rings. The molecule has 0 saturated heterocycles. The molecule has 0 bridgehead atoms. The van der Waals surface area contributed by atoms with Gasteiger partial charge in [0.25, 0.3) is 5.91 Å². The highest BCUT2D eigenvalue weighted by molar-refractivity contribution is 8.27. The average molecular weight is 420 g/mol. The first-order chi connectivity index (χ1) is 14.3. The zero-order valence-corrected chi connectivity index (χ0v) is 18.7. The fourth-order valence-corrected chi connectivity index (χ4v) is 4.62. The van der Waals surface area contributed by atoms with E-state index in [1.807, 2.05) is 26.8 Å². The molecule has 30 heavy (non-hydrogen) atoms. The number of amidine groups is 2. The number of amides is 1. The number of hydrogen-bond acceptors (Lipinski definition) is 4. The molecule has 1 N–H and O–H groups in total. The van der Waals surface area contributed by atoms with E-state index in [4.69, 9.17) is 5.41 Å². The summed E-state index contributed by atoms with van der Waals surface area (Å²) in [6.07, 6.45) is 2.71. The second kappa shape index (κ2) is 7.72. The van der Waals surface area contributed by atoms with Crippen LogP contribution in [0.15, 0.2) is 46.0 Å². The minimum Gasteiger partial charge on any atom is -0.318 e. The zero-order chi connectivity index (χ0) is 21.6. The van der Waals surface area contributed by atoms with Crippen LogP contribution < -0.4 is 0 Å². The quantitative estimate of drug-likeness (QED) is 0.714. The summed E-state index contributed by atoms with van der Waals surface area (Å²) < 4.78 is 2.21. The maximum atomic E-state index is 12.7. The van der Waals surface area contributed by atoms with E-state index >= 15 is 0 Å². The number of rotatable bonds is 4. The minimum absolute atomic E-state index is 0.0758. The van der Waals surface area contributed by atoms with Gasteiger partial charge in [-0.05, 0) is 61.4 Å². The molecule has 7 heteroatoms. The Morgan fingerprint density at radius 2 is 1.97 bits per heavy atom. The third-order valence-electron chi connectivity index (χ3n) is 5.35. The number of aryl methyl sites for hydroxylation is 2. The van der Waals surface area contributed by atoms with E-state index < -0.39 is 5.91 Å². The third kappa shape index (κ3) is 3.33. The predicted octanol–water partition coefficient (Wildman–Crippen LogP) is 4.93. The van der Waals surface area contributed by atoms with Crippen LogP contribution in [0.5, 0.6) is 0 Å². The molecule has 1 aromatic heterocycles. The van der Waals surface area contributed by atoms with Gasteiger partial charge in [-0.1, -0.05) is 39.0 Å². The molecule has 2 aromatic rings. The maximum Gasteiger partial charge on any atom is 0.283 e. The van der Waals surface area contributed by atoms with Crippen molar-refractivity contribution < 1.29 is 4.79 Å². The first kappa shape index (κ1) is 20.3. The van der Waals surface area contributed by atoms with Gasteiger partial charge < -0.3 is 4.57 Å². The van der Waals surface area contributed by atoms with Crippen molar-refractivity contribution in [3.8, 4) is 5.69 Å². The van der Waals surface area contributed by atoms with Gasteiger partial charge in [0.15, 0.2) is 5.84 Å². The van der Waals surface area contributed by atoms with Gasteiger partial charge in [0.2, 0.25) is 5.17 Å². The molecule has 1 aromatic carbocycles. The minimum atomic E-state index is -0.391. The normalized spacial score (nSPS) is 17.7. The second-order valence-corrected chi connectivity index (χ2v) is 8.74. The molecule has 0 radical (unpaired) electrons. The van der Waals surface area contributed by atoms with Crippen LogP contribution in [0.3, 0.4) is 0 Å². The van der Waals surface area contributed by atoms with Crippen molar-refractivity contribution in [2.45, 2.75) is 41.0 Å². The topological polar surface area (TPSA) is 73.8 Å². The van der Waals surface area contributed by atoms with Crippen LogP contribution in [0.4, 0.5) is 0 Å². The number of fused-ring (bicyclic) bond motifs is 1. The molecule has 2 aliphatic heterocycles. The summed E-state index contributed by atoms with van der Waals surface area (Å²) >= 11 is 1.36. The van der Waals surface area contributed by atoms with Gasteiger partial charge in [-0.15, -0.1) is 0 Å².